The van der Waals surface area contributed by atoms with Gasteiger partial charge in [-0.05, 0) is 49.2 Å². The van der Waals surface area contributed by atoms with E-state index in [0.717, 1.165) is 25.0 Å². The number of nitrogens with one attached hydrogen (secondary N) is 2. The standard InChI is InChI=1S/C22H26N2O4/c1-23-22(27)20(25)11-7-2-3-8-16-24-21(26)17-12-14-19(15-13-17)28-18-9-5-4-6-10-18/h4-6,9-10,12-15H,2-3,7-8,11,16H2,1H3,(H,23,27)(H,24,26). The molecule has 0 atom stereocenters. The molecule has 2 aromatic rings. The van der Waals surface area contributed by atoms with Crippen LogP contribution in [-0.4, -0.2) is 31.2 Å². The molecule has 28 heavy (non-hydrogen) atoms. The highest BCUT2D eigenvalue weighted by Crippen LogP contribution is 2.21. The third-order valence-corrected chi connectivity index (χ3v) is 4.19. The molecule has 0 bridgehead atoms. The fraction of sp³-hybridized carbons (Fsp3) is 0.318. The van der Waals surface area contributed by atoms with E-state index in [4.69, 9.17) is 4.74 Å². The fourth-order valence-electron chi connectivity index (χ4n) is 2.62. The average molecular weight is 382 g/mol. The molecule has 0 spiro atoms. The molecule has 0 aliphatic rings. The van der Waals surface area contributed by atoms with Gasteiger partial charge >= 0.3 is 0 Å². The van der Waals surface area contributed by atoms with Crippen molar-refractivity contribution in [2.45, 2.75) is 32.1 Å². The van der Waals surface area contributed by atoms with Crippen molar-refractivity contribution in [3.8, 4) is 11.5 Å². The molecule has 0 aliphatic heterocycles. The quantitative estimate of drug-likeness (QED) is 0.460. The number of hydrogen-bond acceptors (Lipinski definition) is 4. The van der Waals surface area contributed by atoms with Gasteiger partial charge in [0.15, 0.2) is 0 Å². The monoisotopic (exact) mass is 382 g/mol. The molecule has 6 nitrogen and oxygen atoms in total. The van der Waals surface area contributed by atoms with E-state index in [9.17, 15) is 14.4 Å². The van der Waals surface area contributed by atoms with Gasteiger partial charge in [-0.1, -0.05) is 31.0 Å². The number of ketones is 1. The van der Waals surface area contributed by atoms with Crippen LogP contribution in [0.5, 0.6) is 11.5 Å². The highest BCUT2D eigenvalue weighted by molar-refractivity contribution is 6.36. The number of ether oxygens (including phenoxy) is 1. The van der Waals surface area contributed by atoms with Crippen molar-refractivity contribution in [3.63, 3.8) is 0 Å². The molecule has 0 heterocycles. The summed E-state index contributed by atoms with van der Waals surface area (Å²) in [5, 5.41) is 5.21. The number of benzene rings is 2. The maximum atomic E-state index is 12.2. The minimum absolute atomic E-state index is 0.124. The lowest BCUT2D eigenvalue weighted by molar-refractivity contribution is -0.137. The van der Waals surface area contributed by atoms with E-state index in [1.54, 1.807) is 24.3 Å². The summed E-state index contributed by atoms with van der Waals surface area (Å²) in [6.45, 7) is 0.574. The van der Waals surface area contributed by atoms with E-state index >= 15 is 0 Å². The molecule has 2 aromatic carbocycles. The zero-order valence-electron chi connectivity index (χ0n) is 16.1. The van der Waals surface area contributed by atoms with Gasteiger partial charge in [0.2, 0.25) is 5.78 Å². The van der Waals surface area contributed by atoms with Gasteiger partial charge in [-0.25, -0.2) is 0 Å². The summed E-state index contributed by atoms with van der Waals surface area (Å²) in [5.41, 5.74) is 0.580. The zero-order valence-corrected chi connectivity index (χ0v) is 16.1. The predicted molar refractivity (Wildman–Crippen MR) is 107 cm³/mol. The van der Waals surface area contributed by atoms with Crippen LogP contribution < -0.4 is 15.4 Å². The summed E-state index contributed by atoms with van der Waals surface area (Å²) < 4.78 is 5.71. The maximum Gasteiger partial charge on any atom is 0.287 e. The Morgan fingerprint density at radius 1 is 0.821 bits per heavy atom. The summed E-state index contributed by atoms with van der Waals surface area (Å²) in [7, 11) is 1.45. The number of unbranched alkanes of at least 4 members (excludes halogenated alkanes) is 3. The van der Waals surface area contributed by atoms with Crippen LogP contribution in [0.1, 0.15) is 42.5 Å². The largest absolute Gasteiger partial charge is 0.457 e. The van der Waals surface area contributed by atoms with E-state index in [1.165, 1.54) is 7.05 Å². The van der Waals surface area contributed by atoms with Crippen LogP contribution in [0.2, 0.25) is 0 Å². The molecule has 0 radical (unpaired) electrons. The molecule has 2 rings (SSSR count). The molecule has 0 saturated heterocycles. The minimum atomic E-state index is -0.535. The molecule has 0 fully saturated rings. The minimum Gasteiger partial charge on any atom is -0.457 e. The Morgan fingerprint density at radius 3 is 2.14 bits per heavy atom. The third kappa shape index (κ3) is 7.23. The van der Waals surface area contributed by atoms with Crippen molar-refractivity contribution in [2.24, 2.45) is 0 Å². The lowest BCUT2D eigenvalue weighted by Gasteiger charge is -2.08. The highest BCUT2D eigenvalue weighted by Gasteiger charge is 2.10. The van der Waals surface area contributed by atoms with Gasteiger partial charge in [-0.3, -0.25) is 14.4 Å². The first kappa shape index (κ1) is 21.2. The zero-order chi connectivity index (χ0) is 20.2. The smallest absolute Gasteiger partial charge is 0.287 e. The molecule has 148 valence electrons. The van der Waals surface area contributed by atoms with Crippen LogP contribution in [0, 0.1) is 0 Å². The predicted octanol–water partition coefficient (Wildman–Crippen LogP) is 3.47. The van der Waals surface area contributed by atoms with E-state index in [1.807, 2.05) is 30.3 Å². The van der Waals surface area contributed by atoms with Crippen LogP contribution in [0.3, 0.4) is 0 Å². The van der Waals surface area contributed by atoms with Crippen LogP contribution >= 0.6 is 0 Å². The Labute approximate surface area is 165 Å². The molecular weight excluding hydrogens is 356 g/mol. The van der Waals surface area contributed by atoms with Crippen molar-refractivity contribution in [1.29, 1.82) is 0 Å². The Bertz CT molecular complexity index is 773. The van der Waals surface area contributed by atoms with E-state index < -0.39 is 5.91 Å². The molecule has 6 heteroatoms. The molecule has 2 amide bonds. The number of hydrogen-bond donors (Lipinski definition) is 2. The molecule has 0 saturated carbocycles. The lowest BCUT2D eigenvalue weighted by Crippen LogP contribution is -2.27. The van der Waals surface area contributed by atoms with Gasteiger partial charge in [0.1, 0.15) is 11.5 Å². The summed E-state index contributed by atoms with van der Waals surface area (Å²) >= 11 is 0. The number of amides is 2. The topological polar surface area (TPSA) is 84.5 Å². The van der Waals surface area contributed by atoms with Crippen molar-refractivity contribution < 1.29 is 19.1 Å². The third-order valence-electron chi connectivity index (χ3n) is 4.19. The van der Waals surface area contributed by atoms with Gasteiger partial charge in [0.05, 0.1) is 0 Å². The van der Waals surface area contributed by atoms with Crippen molar-refractivity contribution >= 4 is 17.6 Å². The van der Waals surface area contributed by atoms with Crippen molar-refractivity contribution in [2.75, 3.05) is 13.6 Å². The number of carbonyl (C=O) groups excluding carboxylic acids is 3. The Kier molecular flexibility index (Phi) is 8.72. The van der Waals surface area contributed by atoms with Gasteiger partial charge in [-0.15, -0.1) is 0 Å². The van der Waals surface area contributed by atoms with Gasteiger partial charge in [0.25, 0.3) is 11.8 Å². The first-order valence-electron chi connectivity index (χ1n) is 9.46. The van der Waals surface area contributed by atoms with Crippen LogP contribution in [-0.2, 0) is 9.59 Å². The Balaban J connectivity index is 1.62. The summed E-state index contributed by atoms with van der Waals surface area (Å²) in [6.07, 6.45) is 3.52. The van der Waals surface area contributed by atoms with Gasteiger partial charge in [-0.2, -0.15) is 0 Å². The van der Waals surface area contributed by atoms with E-state index in [2.05, 4.69) is 10.6 Å². The molecule has 2 N–H and O–H groups in total. The van der Waals surface area contributed by atoms with Crippen molar-refractivity contribution in [3.05, 3.63) is 60.2 Å². The molecule has 0 unspecified atom stereocenters. The van der Waals surface area contributed by atoms with Crippen molar-refractivity contribution in [1.82, 2.24) is 10.6 Å². The average Bonchev–Trinajstić information content (AvgIpc) is 2.73. The van der Waals surface area contributed by atoms with Gasteiger partial charge < -0.3 is 15.4 Å². The second kappa shape index (κ2) is 11.5. The Morgan fingerprint density at radius 2 is 1.46 bits per heavy atom. The second-order valence-corrected chi connectivity index (χ2v) is 6.36. The fourth-order valence-corrected chi connectivity index (χ4v) is 2.62. The second-order valence-electron chi connectivity index (χ2n) is 6.36. The number of carbonyl (C=O) groups is 3. The Hall–Kier alpha value is -3.15. The van der Waals surface area contributed by atoms with E-state index in [-0.39, 0.29) is 18.1 Å². The van der Waals surface area contributed by atoms with Crippen LogP contribution in [0.15, 0.2) is 54.6 Å². The summed E-state index contributed by atoms with van der Waals surface area (Å²) in [5.74, 6) is 0.384. The number of likely N-dealkylation sites (N-methyl/N-ethyl adjacent to an activating group) is 1. The number of para-hydroxylation sites is 1. The van der Waals surface area contributed by atoms with Crippen LogP contribution in [0.25, 0.3) is 0 Å². The molecular formula is C22H26N2O4. The van der Waals surface area contributed by atoms with Gasteiger partial charge in [0, 0.05) is 25.6 Å². The highest BCUT2D eigenvalue weighted by atomic mass is 16.5. The van der Waals surface area contributed by atoms with Crippen LogP contribution in [0.4, 0.5) is 0 Å². The normalized spacial score (nSPS) is 10.2. The first-order chi connectivity index (χ1) is 13.6. The first-order valence-corrected chi connectivity index (χ1v) is 9.46. The molecule has 0 aliphatic carbocycles. The lowest BCUT2D eigenvalue weighted by atomic mass is 10.1. The van der Waals surface area contributed by atoms with E-state index in [0.29, 0.717) is 24.3 Å². The summed E-state index contributed by atoms with van der Waals surface area (Å²) in [4.78, 5) is 34.6. The summed E-state index contributed by atoms with van der Waals surface area (Å²) in [6, 6.07) is 16.5. The maximum absolute atomic E-state index is 12.2. The molecule has 0 aromatic heterocycles. The number of Topliss-reactive ketones (excluding diaryl/α,β-unsaturated/α-hetero) is 1. The number of rotatable bonds is 11. The SMILES string of the molecule is CNC(=O)C(=O)CCCCCCNC(=O)c1ccc(Oc2ccccc2)cc1.